The van der Waals surface area contributed by atoms with Gasteiger partial charge < -0.3 is 19.7 Å². The molecule has 50 heavy (non-hydrogen) atoms. The van der Waals surface area contributed by atoms with Crippen LogP contribution in [0.4, 0.5) is 0 Å². The molecule has 0 aromatic heterocycles. The molecule has 0 amide bonds. The number of aromatic hydroxyl groups is 2. The minimum Gasteiger partial charge on any atom is -0.508 e. The van der Waals surface area contributed by atoms with E-state index in [9.17, 15) is 19.8 Å². The molecule has 0 unspecified atom stereocenters. The van der Waals surface area contributed by atoms with Gasteiger partial charge in [-0.25, -0.2) is 0 Å². The van der Waals surface area contributed by atoms with Crippen LogP contribution in [0.1, 0.15) is 74.3 Å². The summed E-state index contributed by atoms with van der Waals surface area (Å²) in [6, 6.07) is 38.4. The molecule has 2 fully saturated rings. The lowest BCUT2D eigenvalue weighted by atomic mass is 9.79. The van der Waals surface area contributed by atoms with Gasteiger partial charge in [0, 0.05) is 0 Å². The first kappa shape index (κ1) is 33.2. The number of rotatable bonds is 8. The van der Waals surface area contributed by atoms with Gasteiger partial charge in [0.25, 0.3) is 0 Å². The molecule has 0 heterocycles. The van der Waals surface area contributed by atoms with Crippen LogP contribution in [0.2, 0.25) is 0 Å². The summed E-state index contributed by atoms with van der Waals surface area (Å²) in [5.74, 6) is 1.90. The van der Waals surface area contributed by atoms with E-state index in [1.54, 1.807) is 24.3 Å². The number of hydrogen-bond acceptors (Lipinski definition) is 6. The van der Waals surface area contributed by atoms with E-state index < -0.39 is 0 Å². The maximum absolute atomic E-state index is 13.0. The fraction of sp³-hybridized carbons (Fsp3) is 0.273. The van der Waals surface area contributed by atoms with E-state index in [0.717, 1.165) is 73.6 Å². The Morgan fingerprint density at radius 2 is 0.800 bits per heavy atom. The normalized spacial score (nSPS) is 20.5. The highest BCUT2D eigenvalue weighted by Crippen LogP contribution is 2.38. The summed E-state index contributed by atoms with van der Waals surface area (Å²) >= 11 is 0. The van der Waals surface area contributed by atoms with Crippen LogP contribution < -0.4 is 9.47 Å². The molecule has 0 bridgehead atoms. The summed E-state index contributed by atoms with van der Waals surface area (Å²) in [6.07, 6.45) is 6.89. The molecular formula is C44H42O6. The average Bonchev–Trinajstić information content (AvgIpc) is 3.16. The van der Waals surface area contributed by atoms with Gasteiger partial charge >= 0.3 is 11.9 Å². The van der Waals surface area contributed by atoms with Crippen LogP contribution in [0.25, 0.3) is 22.3 Å². The Morgan fingerprint density at radius 3 is 1.16 bits per heavy atom. The first-order chi connectivity index (χ1) is 24.4. The standard InChI is InChI=1S/C44H42O6/c45-39-20-12-31(13-21-39)29-4-8-35(9-5-29)43(47)49-41-24-16-33(17-25-41)37-2-1-3-38(28-37)34-18-26-42(27-19-34)50-44(48)36-10-6-30(7-11-36)32-14-22-40(46)23-15-32/h1-3,12-30,35-36,45-46H,4-11H2. The lowest BCUT2D eigenvalue weighted by Gasteiger charge is -2.27. The third-order valence-electron chi connectivity index (χ3n) is 10.5. The van der Waals surface area contributed by atoms with Crippen molar-refractivity contribution in [2.75, 3.05) is 0 Å². The number of phenolic OH excluding ortho intramolecular Hbond substituents is 2. The second-order valence-corrected chi connectivity index (χ2v) is 13.8. The summed E-state index contributed by atoms with van der Waals surface area (Å²) in [5, 5.41) is 19.1. The predicted octanol–water partition coefficient (Wildman–Crippen LogP) is 10.2. The largest absolute Gasteiger partial charge is 0.508 e. The maximum atomic E-state index is 13.0. The number of esters is 2. The Morgan fingerprint density at radius 1 is 0.440 bits per heavy atom. The van der Waals surface area contributed by atoms with Crippen molar-refractivity contribution in [3.8, 4) is 45.3 Å². The molecule has 0 radical (unpaired) electrons. The molecule has 0 aliphatic heterocycles. The van der Waals surface area contributed by atoms with E-state index in [-0.39, 0.29) is 35.3 Å². The van der Waals surface area contributed by atoms with Gasteiger partial charge in [0.2, 0.25) is 0 Å². The van der Waals surface area contributed by atoms with E-state index in [4.69, 9.17) is 9.47 Å². The van der Waals surface area contributed by atoms with Crippen molar-refractivity contribution in [2.45, 2.75) is 63.2 Å². The molecular weight excluding hydrogens is 624 g/mol. The summed E-state index contributed by atoms with van der Waals surface area (Å²) < 4.78 is 11.6. The Hall–Kier alpha value is -5.36. The fourth-order valence-electron chi connectivity index (χ4n) is 7.53. The zero-order valence-corrected chi connectivity index (χ0v) is 28.0. The minimum atomic E-state index is -0.170. The van der Waals surface area contributed by atoms with Crippen LogP contribution in [0, 0.1) is 11.8 Å². The molecule has 5 aromatic rings. The Bertz CT molecular complexity index is 1760. The van der Waals surface area contributed by atoms with Gasteiger partial charge in [-0.15, -0.1) is 0 Å². The van der Waals surface area contributed by atoms with Crippen LogP contribution in [-0.2, 0) is 9.59 Å². The topological polar surface area (TPSA) is 93.1 Å². The van der Waals surface area contributed by atoms with Crippen molar-refractivity contribution < 1.29 is 29.3 Å². The Kier molecular flexibility index (Phi) is 9.97. The lowest BCUT2D eigenvalue weighted by molar-refractivity contribution is -0.141. The number of carbonyl (C=O) groups is 2. The van der Waals surface area contributed by atoms with Crippen molar-refractivity contribution >= 4 is 11.9 Å². The van der Waals surface area contributed by atoms with Crippen molar-refractivity contribution in [3.05, 3.63) is 132 Å². The van der Waals surface area contributed by atoms with Crippen molar-refractivity contribution in [1.29, 1.82) is 0 Å². The van der Waals surface area contributed by atoms with Crippen molar-refractivity contribution in [3.63, 3.8) is 0 Å². The van der Waals surface area contributed by atoms with Gasteiger partial charge in [-0.3, -0.25) is 9.59 Å². The average molecular weight is 667 g/mol. The summed E-state index contributed by atoms with van der Waals surface area (Å²) in [4.78, 5) is 25.9. The van der Waals surface area contributed by atoms with Crippen molar-refractivity contribution in [2.24, 2.45) is 11.8 Å². The number of ether oxygens (including phenoxy) is 2. The second kappa shape index (κ2) is 15.0. The molecule has 2 saturated carbocycles. The minimum absolute atomic E-state index is 0.105. The smallest absolute Gasteiger partial charge is 0.314 e. The molecule has 2 aliphatic rings. The third-order valence-corrected chi connectivity index (χ3v) is 10.5. The highest BCUT2D eigenvalue weighted by Gasteiger charge is 2.30. The third kappa shape index (κ3) is 7.92. The lowest BCUT2D eigenvalue weighted by Crippen LogP contribution is -2.25. The van der Waals surface area contributed by atoms with Crippen LogP contribution >= 0.6 is 0 Å². The molecule has 6 nitrogen and oxygen atoms in total. The summed E-state index contributed by atoms with van der Waals surface area (Å²) in [7, 11) is 0. The van der Waals surface area contributed by atoms with Crippen LogP contribution in [0.15, 0.2) is 121 Å². The number of hydrogen-bond donors (Lipinski definition) is 2. The quantitative estimate of drug-likeness (QED) is 0.126. The zero-order valence-electron chi connectivity index (χ0n) is 28.0. The summed E-state index contributed by atoms with van der Waals surface area (Å²) in [5.41, 5.74) is 6.56. The Balaban J connectivity index is 0.905. The number of carbonyl (C=O) groups excluding carboxylic acids is 2. The van der Waals surface area contributed by atoms with E-state index in [1.165, 1.54) is 11.1 Å². The fourth-order valence-corrected chi connectivity index (χ4v) is 7.53. The van der Waals surface area contributed by atoms with Gasteiger partial charge in [-0.05, 0) is 151 Å². The number of benzene rings is 5. The van der Waals surface area contributed by atoms with E-state index in [1.807, 2.05) is 78.9 Å². The zero-order chi connectivity index (χ0) is 34.5. The van der Waals surface area contributed by atoms with Crippen LogP contribution in [0.5, 0.6) is 23.0 Å². The molecule has 6 heteroatoms. The molecule has 0 saturated heterocycles. The molecule has 5 aromatic carbocycles. The van der Waals surface area contributed by atoms with E-state index in [0.29, 0.717) is 23.3 Å². The van der Waals surface area contributed by atoms with Crippen LogP contribution in [0.3, 0.4) is 0 Å². The summed E-state index contributed by atoms with van der Waals surface area (Å²) in [6.45, 7) is 0. The molecule has 0 atom stereocenters. The first-order valence-corrected chi connectivity index (χ1v) is 17.7. The second-order valence-electron chi connectivity index (χ2n) is 13.8. The van der Waals surface area contributed by atoms with Gasteiger partial charge in [-0.2, -0.15) is 0 Å². The van der Waals surface area contributed by atoms with Crippen LogP contribution in [-0.4, -0.2) is 22.2 Å². The highest BCUT2D eigenvalue weighted by atomic mass is 16.5. The monoisotopic (exact) mass is 666 g/mol. The van der Waals surface area contributed by atoms with Gasteiger partial charge in [0.1, 0.15) is 23.0 Å². The van der Waals surface area contributed by atoms with Gasteiger partial charge in [-0.1, -0.05) is 66.7 Å². The Labute approximate surface area is 293 Å². The highest BCUT2D eigenvalue weighted by molar-refractivity contribution is 5.78. The van der Waals surface area contributed by atoms with E-state index >= 15 is 0 Å². The predicted molar refractivity (Wildman–Crippen MR) is 194 cm³/mol. The molecule has 2 aliphatic carbocycles. The SMILES string of the molecule is O=C(Oc1ccc(-c2cccc(-c3ccc(OC(=O)C4CCC(c5ccc(O)cc5)CC4)cc3)c2)cc1)C1CCC(c2ccc(O)cc2)CC1. The van der Waals surface area contributed by atoms with Crippen molar-refractivity contribution in [1.82, 2.24) is 0 Å². The van der Waals surface area contributed by atoms with Gasteiger partial charge in [0.15, 0.2) is 0 Å². The molecule has 254 valence electrons. The van der Waals surface area contributed by atoms with E-state index in [2.05, 4.69) is 18.2 Å². The first-order valence-electron chi connectivity index (χ1n) is 17.7. The molecule has 7 rings (SSSR count). The molecule has 2 N–H and O–H groups in total. The number of phenols is 2. The molecule has 0 spiro atoms. The maximum Gasteiger partial charge on any atom is 0.314 e. The van der Waals surface area contributed by atoms with Gasteiger partial charge in [0.05, 0.1) is 11.8 Å².